The van der Waals surface area contributed by atoms with E-state index in [1.54, 1.807) is 6.92 Å². The predicted octanol–water partition coefficient (Wildman–Crippen LogP) is -0.233. The molecule has 1 aromatic heterocycles. The summed E-state index contributed by atoms with van der Waals surface area (Å²) in [4.78, 5) is 7.91. The van der Waals surface area contributed by atoms with E-state index in [2.05, 4.69) is 15.3 Å². The Labute approximate surface area is 101 Å². The molecule has 2 heterocycles. The molecule has 0 spiro atoms. The lowest BCUT2D eigenvalue weighted by molar-refractivity contribution is 0.309. The molecule has 0 saturated carbocycles. The van der Waals surface area contributed by atoms with E-state index in [-0.39, 0.29) is 11.1 Å². The van der Waals surface area contributed by atoms with Gasteiger partial charge in [0, 0.05) is 38.1 Å². The first-order chi connectivity index (χ1) is 8.01. The second kappa shape index (κ2) is 4.67. The highest BCUT2D eigenvalue weighted by Gasteiger charge is 2.30. The Morgan fingerprint density at radius 2 is 2.12 bits per heavy atom. The third-order valence-corrected chi connectivity index (χ3v) is 4.65. The van der Waals surface area contributed by atoms with Crippen molar-refractivity contribution in [3.8, 4) is 0 Å². The number of sulfonamides is 1. The SMILES string of the molecule is Cc1nccnc1S(=O)(=O)N1CCN[C@@H](C)C1. The summed E-state index contributed by atoms with van der Waals surface area (Å²) in [7, 11) is -3.51. The van der Waals surface area contributed by atoms with E-state index < -0.39 is 10.0 Å². The van der Waals surface area contributed by atoms with Gasteiger partial charge in [-0.05, 0) is 13.8 Å². The van der Waals surface area contributed by atoms with Gasteiger partial charge in [-0.2, -0.15) is 4.31 Å². The molecule has 1 aromatic rings. The van der Waals surface area contributed by atoms with E-state index in [4.69, 9.17) is 0 Å². The van der Waals surface area contributed by atoms with Gasteiger partial charge in [0.05, 0.1) is 5.69 Å². The summed E-state index contributed by atoms with van der Waals surface area (Å²) in [5.74, 6) is 0. The van der Waals surface area contributed by atoms with Crippen LogP contribution in [0.15, 0.2) is 17.4 Å². The summed E-state index contributed by atoms with van der Waals surface area (Å²) in [5.41, 5.74) is 0.443. The van der Waals surface area contributed by atoms with Crippen LogP contribution >= 0.6 is 0 Å². The highest BCUT2D eigenvalue weighted by atomic mass is 32.2. The number of rotatable bonds is 2. The van der Waals surface area contributed by atoms with Crippen LogP contribution in [0.3, 0.4) is 0 Å². The first-order valence-electron chi connectivity index (χ1n) is 5.53. The molecule has 7 heteroatoms. The summed E-state index contributed by atoms with van der Waals surface area (Å²) < 4.78 is 26.2. The lowest BCUT2D eigenvalue weighted by Crippen LogP contribution is -2.51. The number of hydrogen-bond donors (Lipinski definition) is 1. The zero-order valence-corrected chi connectivity index (χ0v) is 10.7. The first kappa shape index (κ1) is 12.4. The van der Waals surface area contributed by atoms with Crippen LogP contribution in [0.4, 0.5) is 0 Å². The fourth-order valence-electron chi connectivity index (χ4n) is 1.89. The Balaban J connectivity index is 2.33. The Bertz CT molecular complexity index is 503. The maximum atomic E-state index is 12.3. The Morgan fingerprint density at radius 3 is 2.76 bits per heavy atom. The maximum Gasteiger partial charge on any atom is 0.262 e. The predicted molar refractivity (Wildman–Crippen MR) is 63.0 cm³/mol. The van der Waals surface area contributed by atoms with Crippen molar-refractivity contribution in [3.63, 3.8) is 0 Å². The van der Waals surface area contributed by atoms with Gasteiger partial charge in [0.1, 0.15) is 0 Å². The standard InChI is InChI=1S/C10H16N4O2S/c1-8-7-14(6-5-11-8)17(15,16)10-9(2)12-3-4-13-10/h3-4,8,11H,5-7H2,1-2H3/t8-/m0/s1. The second-order valence-electron chi connectivity index (χ2n) is 4.17. The van der Waals surface area contributed by atoms with E-state index in [1.165, 1.54) is 16.7 Å². The monoisotopic (exact) mass is 256 g/mol. The molecule has 1 aliphatic heterocycles. The van der Waals surface area contributed by atoms with Crippen LogP contribution in [0.2, 0.25) is 0 Å². The third kappa shape index (κ3) is 2.46. The summed E-state index contributed by atoms with van der Waals surface area (Å²) in [6, 6.07) is 0.163. The molecule has 0 unspecified atom stereocenters. The molecule has 0 bridgehead atoms. The van der Waals surface area contributed by atoms with E-state index in [9.17, 15) is 8.42 Å². The zero-order chi connectivity index (χ0) is 12.5. The van der Waals surface area contributed by atoms with Crippen LogP contribution in [-0.2, 0) is 10.0 Å². The number of aromatic nitrogens is 2. The molecule has 1 N–H and O–H groups in total. The van der Waals surface area contributed by atoms with Crippen LogP contribution in [0.25, 0.3) is 0 Å². The van der Waals surface area contributed by atoms with Crippen molar-refractivity contribution in [1.29, 1.82) is 0 Å². The molecule has 17 heavy (non-hydrogen) atoms. The van der Waals surface area contributed by atoms with Gasteiger partial charge in [0.15, 0.2) is 5.03 Å². The molecule has 94 valence electrons. The molecule has 2 rings (SSSR count). The zero-order valence-electron chi connectivity index (χ0n) is 9.92. The minimum absolute atomic E-state index is 0.0640. The average Bonchev–Trinajstić information content (AvgIpc) is 2.29. The average molecular weight is 256 g/mol. The van der Waals surface area contributed by atoms with E-state index >= 15 is 0 Å². The number of nitrogens with zero attached hydrogens (tertiary/aromatic N) is 3. The van der Waals surface area contributed by atoms with Crippen molar-refractivity contribution in [3.05, 3.63) is 18.1 Å². The Morgan fingerprint density at radius 1 is 1.41 bits per heavy atom. The first-order valence-corrected chi connectivity index (χ1v) is 6.97. The van der Waals surface area contributed by atoms with Gasteiger partial charge in [-0.15, -0.1) is 0 Å². The van der Waals surface area contributed by atoms with Crippen molar-refractivity contribution in [2.24, 2.45) is 0 Å². The highest BCUT2D eigenvalue weighted by molar-refractivity contribution is 7.89. The molecule has 1 fully saturated rings. The molecule has 0 aliphatic carbocycles. The van der Waals surface area contributed by atoms with Crippen LogP contribution in [0.5, 0.6) is 0 Å². The Hall–Kier alpha value is -1.05. The molecule has 1 aliphatic rings. The molecule has 0 radical (unpaired) electrons. The van der Waals surface area contributed by atoms with Gasteiger partial charge < -0.3 is 5.32 Å². The molecule has 0 aromatic carbocycles. The quantitative estimate of drug-likeness (QED) is 0.791. The normalized spacial score (nSPS) is 22.6. The third-order valence-electron chi connectivity index (χ3n) is 2.75. The van der Waals surface area contributed by atoms with Gasteiger partial charge in [0.25, 0.3) is 10.0 Å². The maximum absolute atomic E-state index is 12.3. The van der Waals surface area contributed by atoms with E-state index in [1.807, 2.05) is 6.92 Å². The van der Waals surface area contributed by atoms with Crippen LogP contribution in [0.1, 0.15) is 12.6 Å². The van der Waals surface area contributed by atoms with Crippen LogP contribution in [-0.4, -0.2) is 48.4 Å². The second-order valence-corrected chi connectivity index (χ2v) is 6.02. The summed E-state index contributed by atoms with van der Waals surface area (Å²) in [6.07, 6.45) is 2.90. The smallest absolute Gasteiger partial charge is 0.262 e. The van der Waals surface area contributed by atoms with Gasteiger partial charge in [-0.25, -0.2) is 13.4 Å². The van der Waals surface area contributed by atoms with Crippen molar-refractivity contribution in [1.82, 2.24) is 19.6 Å². The lowest BCUT2D eigenvalue weighted by atomic mass is 10.3. The van der Waals surface area contributed by atoms with Crippen molar-refractivity contribution < 1.29 is 8.42 Å². The highest BCUT2D eigenvalue weighted by Crippen LogP contribution is 2.16. The molecule has 6 nitrogen and oxygen atoms in total. The lowest BCUT2D eigenvalue weighted by Gasteiger charge is -2.30. The summed E-state index contributed by atoms with van der Waals surface area (Å²) in [6.45, 7) is 5.23. The van der Waals surface area contributed by atoms with Crippen LogP contribution in [0, 0.1) is 6.92 Å². The molecule has 1 saturated heterocycles. The molecular formula is C10H16N4O2S. The molecular weight excluding hydrogens is 240 g/mol. The molecule has 0 amide bonds. The number of piperazine rings is 1. The fraction of sp³-hybridized carbons (Fsp3) is 0.600. The minimum Gasteiger partial charge on any atom is -0.312 e. The Kier molecular flexibility index (Phi) is 3.41. The summed E-state index contributed by atoms with van der Waals surface area (Å²) in [5, 5.41) is 3.27. The largest absolute Gasteiger partial charge is 0.312 e. The molecule has 1 atom stereocenters. The summed E-state index contributed by atoms with van der Waals surface area (Å²) >= 11 is 0. The van der Waals surface area contributed by atoms with Gasteiger partial charge in [-0.3, -0.25) is 4.98 Å². The minimum atomic E-state index is -3.51. The van der Waals surface area contributed by atoms with E-state index in [0.29, 0.717) is 25.3 Å². The van der Waals surface area contributed by atoms with Gasteiger partial charge in [0.2, 0.25) is 0 Å². The van der Waals surface area contributed by atoms with Gasteiger partial charge >= 0.3 is 0 Å². The van der Waals surface area contributed by atoms with Gasteiger partial charge in [-0.1, -0.05) is 0 Å². The fourth-order valence-corrected chi connectivity index (χ4v) is 3.50. The number of hydrogen-bond acceptors (Lipinski definition) is 5. The van der Waals surface area contributed by atoms with Crippen LogP contribution < -0.4 is 5.32 Å². The van der Waals surface area contributed by atoms with Crippen molar-refractivity contribution in [2.45, 2.75) is 24.9 Å². The van der Waals surface area contributed by atoms with E-state index in [0.717, 1.165) is 0 Å². The van der Waals surface area contributed by atoms with Crippen molar-refractivity contribution in [2.75, 3.05) is 19.6 Å². The van der Waals surface area contributed by atoms with Crippen molar-refractivity contribution >= 4 is 10.0 Å². The number of nitrogens with one attached hydrogen (secondary N) is 1. The number of aryl methyl sites for hydroxylation is 1. The topological polar surface area (TPSA) is 75.2 Å².